The molecular formula is C21H22N4O5S. The van der Waals surface area contributed by atoms with Crippen LogP contribution < -0.4 is 5.56 Å². The highest BCUT2D eigenvalue weighted by molar-refractivity contribution is 7.89. The van der Waals surface area contributed by atoms with E-state index in [4.69, 9.17) is 0 Å². The number of hydrogen-bond donors (Lipinski definition) is 1. The maximum absolute atomic E-state index is 12.9. The Bertz CT molecular complexity index is 1310. The van der Waals surface area contributed by atoms with E-state index in [1.54, 1.807) is 42.2 Å². The fourth-order valence-corrected chi connectivity index (χ4v) is 5.25. The molecule has 162 valence electrons. The number of fused-ring (bicyclic) bond motifs is 1. The minimum absolute atomic E-state index is 0.105. The average Bonchev–Trinajstić information content (AvgIpc) is 2.77. The molecular weight excluding hydrogens is 420 g/mol. The van der Waals surface area contributed by atoms with E-state index in [0.717, 1.165) is 5.56 Å². The van der Waals surface area contributed by atoms with Gasteiger partial charge >= 0.3 is 0 Å². The van der Waals surface area contributed by atoms with E-state index < -0.39 is 10.0 Å². The van der Waals surface area contributed by atoms with Crippen LogP contribution in [0.1, 0.15) is 5.56 Å². The highest BCUT2D eigenvalue weighted by Crippen LogP contribution is 2.27. The van der Waals surface area contributed by atoms with Gasteiger partial charge in [-0.3, -0.25) is 14.2 Å². The van der Waals surface area contributed by atoms with Crippen LogP contribution >= 0.6 is 0 Å². The van der Waals surface area contributed by atoms with Crippen LogP contribution in [0.25, 0.3) is 11.0 Å². The summed E-state index contributed by atoms with van der Waals surface area (Å²) in [5.41, 5.74) is 1.53. The van der Waals surface area contributed by atoms with Crippen molar-refractivity contribution in [2.75, 3.05) is 26.2 Å². The Kier molecular flexibility index (Phi) is 5.50. The lowest BCUT2D eigenvalue weighted by Crippen LogP contribution is -2.51. The Balaban J connectivity index is 1.48. The lowest BCUT2D eigenvalue weighted by molar-refractivity contribution is -0.133. The molecule has 0 atom stereocenters. The van der Waals surface area contributed by atoms with Gasteiger partial charge in [-0.05, 0) is 36.8 Å². The van der Waals surface area contributed by atoms with Crippen molar-refractivity contribution in [3.63, 3.8) is 0 Å². The van der Waals surface area contributed by atoms with Gasteiger partial charge in [0, 0.05) is 26.2 Å². The number of nitrogens with zero attached hydrogens (tertiary/aromatic N) is 4. The summed E-state index contributed by atoms with van der Waals surface area (Å²) in [6, 6.07) is 11.5. The van der Waals surface area contributed by atoms with E-state index in [9.17, 15) is 23.1 Å². The summed E-state index contributed by atoms with van der Waals surface area (Å²) in [5, 5.41) is 10.0. The van der Waals surface area contributed by atoms with Gasteiger partial charge in [-0.25, -0.2) is 13.4 Å². The largest absolute Gasteiger partial charge is 0.507 e. The first-order chi connectivity index (χ1) is 14.8. The van der Waals surface area contributed by atoms with E-state index in [1.807, 2.05) is 0 Å². The number of hydrogen-bond acceptors (Lipinski definition) is 6. The fourth-order valence-electron chi connectivity index (χ4n) is 3.66. The van der Waals surface area contributed by atoms with Crippen molar-refractivity contribution in [2.24, 2.45) is 0 Å². The van der Waals surface area contributed by atoms with Crippen molar-refractivity contribution in [3.05, 3.63) is 64.6 Å². The number of para-hydroxylation sites is 2. The van der Waals surface area contributed by atoms with Gasteiger partial charge in [-0.15, -0.1) is 0 Å². The number of benzene rings is 2. The van der Waals surface area contributed by atoms with Gasteiger partial charge < -0.3 is 10.0 Å². The zero-order valence-electron chi connectivity index (χ0n) is 16.9. The second-order valence-electron chi connectivity index (χ2n) is 7.43. The summed E-state index contributed by atoms with van der Waals surface area (Å²) in [7, 11) is -3.88. The maximum atomic E-state index is 12.9. The van der Waals surface area contributed by atoms with Crippen LogP contribution in [0.2, 0.25) is 0 Å². The normalized spacial score (nSPS) is 15.3. The number of amides is 1. The number of carbonyl (C=O) groups is 1. The molecule has 9 nitrogen and oxygen atoms in total. The Hall–Kier alpha value is -3.24. The molecule has 1 aromatic heterocycles. The molecule has 31 heavy (non-hydrogen) atoms. The second kappa shape index (κ2) is 8.12. The number of carbonyl (C=O) groups excluding carboxylic acids is 1. The van der Waals surface area contributed by atoms with Gasteiger partial charge in [0.2, 0.25) is 15.9 Å². The summed E-state index contributed by atoms with van der Waals surface area (Å²) in [6.07, 6.45) is 1.19. The molecule has 0 radical (unpaired) electrons. The SMILES string of the molecule is Cc1ccc(O)c(S(=O)(=O)N2CCN(C(=O)Cn3c(=O)cnc4ccccc43)CC2)c1. The zero-order valence-corrected chi connectivity index (χ0v) is 17.7. The summed E-state index contributed by atoms with van der Waals surface area (Å²) in [5.74, 6) is -0.568. The first-order valence-corrected chi connectivity index (χ1v) is 11.2. The third-order valence-electron chi connectivity index (χ3n) is 5.37. The van der Waals surface area contributed by atoms with Crippen molar-refractivity contribution in [1.82, 2.24) is 18.8 Å². The van der Waals surface area contributed by atoms with Crippen LogP contribution in [-0.4, -0.2) is 64.4 Å². The molecule has 1 N–H and O–H groups in total. The van der Waals surface area contributed by atoms with E-state index in [-0.39, 0.29) is 54.8 Å². The number of piperazine rings is 1. The molecule has 1 fully saturated rings. The van der Waals surface area contributed by atoms with E-state index >= 15 is 0 Å². The number of aromatic nitrogens is 2. The van der Waals surface area contributed by atoms with Gasteiger partial charge in [-0.2, -0.15) is 4.31 Å². The van der Waals surface area contributed by atoms with Crippen molar-refractivity contribution in [1.29, 1.82) is 0 Å². The molecule has 2 heterocycles. The topological polar surface area (TPSA) is 113 Å². The molecule has 10 heteroatoms. The number of phenolic OH excluding ortho intramolecular Hbond substituents is 1. The van der Waals surface area contributed by atoms with E-state index in [0.29, 0.717) is 11.0 Å². The molecule has 1 aliphatic heterocycles. The van der Waals surface area contributed by atoms with Crippen LogP contribution in [0.5, 0.6) is 5.75 Å². The predicted octanol–water partition coefficient (Wildman–Crippen LogP) is 0.944. The average molecular weight is 442 g/mol. The third kappa shape index (κ3) is 4.04. The zero-order chi connectivity index (χ0) is 22.2. The number of phenols is 1. The van der Waals surface area contributed by atoms with Gasteiger partial charge in [0.15, 0.2) is 0 Å². The summed E-state index contributed by atoms with van der Waals surface area (Å²) in [6.45, 7) is 2.21. The van der Waals surface area contributed by atoms with Crippen LogP contribution in [0.15, 0.2) is 58.4 Å². The Labute approximate surface area is 179 Å². The Morgan fingerprint density at radius 3 is 2.55 bits per heavy atom. The molecule has 0 unspecified atom stereocenters. The first kappa shape index (κ1) is 21.0. The van der Waals surface area contributed by atoms with Gasteiger partial charge in [0.05, 0.1) is 17.2 Å². The van der Waals surface area contributed by atoms with Gasteiger partial charge in [-0.1, -0.05) is 18.2 Å². The molecule has 4 rings (SSSR count). The van der Waals surface area contributed by atoms with E-state index in [1.165, 1.54) is 27.2 Å². The highest BCUT2D eigenvalue weighted by Gasteiger charge is 2.32. The number of aryl methyl sites for hydroxylation is 1. The minimum atomic E-state index is -3.88. The first-order valence-electron chi connectivity index (χ1n) is 9.79. The minimum Gasteiger partial charge on any atom is -0.507 e. The van der Waals surface area contributed by atoms with Crippen molar-refractivity contribution in [2.45, 2.75) is 18.4 Å². The number of rotatable bonds is 4. The second-order valence-corrected chi connectivity index (χ2v) is 9.33. The predicted molar refractivity (Wildman–Crippen MR) is 114 cm³/mol. The summed E-state index contributed by atoms with van der Waals surface area (Å²) >= 11 is 0. The molecule has 1 aliphatic rings. The summed E-state index contributed by atoms with van der Waals surface area (Å²) in [4.78, 5) is 30.6. The molecule has 1 saturated heterocycles. The molecule has 1 amide bonds. The Morgan fingerprint density at radius 2 is 1.81 bits per heavy atom. The molecule has 0 bridgehead atoms. The van der Waals surface area contributed by atoms with Crippen LogP contribution in [0, 0.1) is 6.92 Å². The monoisotopic (exact) mass is 442 g/mol. The number of aromatic hydroxyl groups is 1. The van der Waals surface area contributed by atoms with Crippen LogP contribution in [0.4, 0.5) is 0 Å². The molecule has 0 aliphatic carbocycles. The number of sulfonamides is 1. The van der Waals surface area contributed by atoms with Crippen molar-refractivity contribution < 1.29 is 18.3 Å². The van der Waals surface area contributed by atoms with Crippen LogP contribution in [0.3, 0.4) is 0 Å². The van der Waals surface area contributed by atoms with E-state index in [2.05, 4.69) is 4.98 Å². The molecule has 3 aromatic rings. The smallest absolute Gasteiger partial charge is 0.269 e. The highest BCUT2D eigenvalue weighted by atomic mass is 32.2. The fraction of sp³-hybridized carbons (Fsp3) is 0.286. The standard InChI is InChI=1S/C21H22N4O5S/c1-15-6-7-18(26)19(12-15)31(29,30)24-10-8-23(9-11-24)21(28)14-25-17-5-3-2-4-16(17)22-13-20(25)27/h2-7,12-13,26H,8-11,14H2,1H3. The molecule has 0 spiro atoms. The van der Waals surface area contributed by atoms with Crippen molar-refractivity contribution in [3.8, 4) is 5.75 Å². The van der Waals surface area contributed by atoms with Gasteiger partial charge in [0.1, 0.15) is 17.2 Å². The third-order valence-corrected chi connectivity index (χ3v) is 7.30. The maximum Gasteiger partial charge on any atom is 0.269 e. The molecule has 0 saturated carbocycles. The van der Waals surface area contributed by atoms with Crippen LogP contribution in [-0.2, 0) is 21.4 Å². The summed E-state index contributed by atoms with van der Waals surface area (Å²) < 4.78 is 28.5. The Morgan fingerprint density at radius 1 is 1.10 bits per heavy atom. The van der Waals surface area contributed by atoms with Crippen molar-refractivity contribution >= 4 is 27.0 Å². The lowest BCUT2D eigenvalue weighted by Gasteiger charge is -2.34. The molecule has 2 aromatic carbocycles. The lowest BCUT2D eigenvalue weighted by atomic mass is 10.2. The van der Waals surface area contributed by atoms with Gasteiger partial charge in [0.25, 0.3) is 5.56 Å². The quantitative estimate of drug-likeness (QED) is 0.644.